The van der Waals surface area contributed by atoms with E-state index in [9.17, 15) is 4.79 Å². The van der Waals surface area contributed by atoms with Gasteiger partial charge in [-0.05, 0) is 56.5 Å². The third-order valence-electron chi connectivity index (χ3n) is 4.80. The van der Waals surface area contributed by atoms with Gasteiger partial charge >= 0.3 is 0 Å². The second kappa shape index (κ2) is 8.15. The van der Waals surface area contributed by atoms with Gasteiger partial charge in [-0.3, -0.25) is 4.79 Å². The summed E-state index contributed by atoms with van der Waals surface area (Å²) in [5, 5.41) is 0. The summed E-state index contributed by atoms with van der Waals surface area (Å²) in [5.74, 6) is 0.0621. The molecule has 1 aromatic heterocycles. The number of nitrogens with zero attached hydrogens (tertiary/aromatic N) is 3. The number of carbonyl (C=O) groups is 1. The summed E-state index contributed by atoms with van der Waals surface area (Å²) < 4.78 is 0. The molecule has 0 atom stereocenters. The molecule has 1 fully saturated rings. The van der Waals surface area contributed by atoms with Crippen molar-refractivity contribution in [3.8, 4) is 0 Å². The molecule has 4 heteroatoms. The molecular weight excluding hydrogens is 310 g/mol. The first kappa shape index (κ1) is 17.5. The largest absolute Gasteiger partial charge is 0.341 e. The number of benzene rings is 1. The molecule has 1 aliphatic rings. The van der Waals surface area contributed by atoms with E-state index in [2.05, 4.69) is 48.0 Å². The fraction of sp³-hybridized carbons (Fsp3) is 0.429. The molecule has 0 spiro atoms. The maximum absolute atomic E-state index is 12.7. The highest BCUT2D eigenvalue weighted by atomic mass is 16.2. The second-order valence-corrected chi connectivity index (χ2v) is 6.69. The molecule has 132 valence electrons. The lowest BCUT2D eigenvalue weighted by Crippen LogP contribution is -2.32. The SMILES string of the molecule is CCN(c1ccc(C(=O)N2CCCCCC2)nc1)c1cccc(C)c1. The van der Waals surface area contributed by atoms with Gasteiger partial charge in [0.05, 0.1) is 11.9 Å². The van der Waals surface area contributed by atoms with Gasteiger partial charge in [0, 0.05) is 25.3 Å². The summed E-state index contributed by atoms with van der Waals surface area (Å²) in [6.45, 7) is 6.78. The zero-order chi connectivity index (χ0) is 17.6. The van der Waals surface area contributed by atoms with E-state index >= 15 is 0 Å². The van der Waals surface area contributed by atoms with Crippen LogP contribution in [0, 0.1) is 6.92 Å². The number of anilines is 2. The van der Waals surface area contributed by atoms with Crippen LogP contribution in [0.2, 0.25) is 0 Å². The number of amides is 1. The topological polar surface area (TPSA) is 36.4 Å². The van der Waals surface area contributed by atoms with Gasteiger partial charge in [-0.25, -0.2) is 4.98 Å². The molecule has 1 amide bonds. The Morgan fingerprint density at radius 1 is 1.08 bits per heavy atom. The van der Waals surface area contributed by atoms with E-state index in [0.717, 1.165) is 43.9 Å². The van der Waals surface area contributed by atoms with Crippen LogP contribution in [0.1, 0.15) is 48.7 Å². The first-order valence-electron chi connectivity index (χ1n) is 9.28. The van der Waals surface area contributed by atoms with Crippen LogP contribution in [0.4, 0.5) is 11.4 Å². The molecule has 0 N–H and O–H groups in total. The Labute approximate surface area is 150 Å². The lowest BCUT2D eigenvalue weighted by atomic mass is 10.2. The van der Waals surface area contributed by atoms with Crippen molar-refractivity contribution in [3.63, 3.8) is 0 Å². The van der Waals surface area contributed by atoms with Crippen LogP contribution in [-0.2, 0) is 0 Å². The lowest BCUT2D eigenvalue weighted by molar-refractivity contribution is 0.0756. The highest BCUT2D eigenvalue weighted by molar-refractivity contribution is 5.92. The summed E-state index contributed by atoms with van der Waals surface area (Å²) in [6, 6.07) is 12.3. The molecule has 3 rings (SSSR count). The number of hydrogen-bond donors (Lipinski definition) is 0. The normalized spacial score (nSPS) is 14.9. The van der Waals surface area contributed by atoms with Crippen molar-refractivity contribution in [2.24, 2.45) is 0 Å². The van der Waals surface area contributed by atoms with E-state index in [1.807, 2.05) is 23.2 Å². The Balaban J connectivity index is 1.77. The molecule has 0 saturated carbocycles. The van der Waals surface area contributed by atoms with Gasteiger partial charge in [0.15, 0.2) is 0 Å². The number of aromatic nitrogens is 1. The van der Waals surface area contributed by atoms with Gasteiger partial charge in [-0.2, -0.15) is 0 Å². The van der Waals surface area contributed by atoms with E-state index < -0.39 is 0 Å². The highest BCUT2D eigenvalue weighted by Gasteiger charge is 2.18. The number of hydrogen-bond acceptors (Lipinski definition) is 3. The standard InChI is InChI=1S/C21H27N3O/c1-3-24(18-10-8-9-17(2)15-18)19-11-12-20(22-16-19)21(25)23-13-6-4-5-7-14-23/h8-12,15-16H,3-7,13-14H2,1-2H3. The summed E-state index contributed by atoms with van der Waals surface area (Å²) in [7, 11) is 0. The molecule has 1 aromatic carbocycles. The second-order valence-electron chi connectivity index (χ2n) is 6.69. The molecule has 0 radical (unpaired) electrons. The number of aryl methyl sites for hydroxylation is 1. The fourth-order valence-corrected chi connectivity index (χ4v) is 3.42. The van der Waals surface area contributed by atoms with Crippen molar-refractivity contribution in [2.75, 3.05) is 24.5 Å². The maximum Gasteiger partial charge on any atom is 0.272 e. The Hall–Kier alpha value is -2.36. The van der Waals surface area contributed by atoms with Gasteiger partial charge in [0.25, 0.3) is 5.91 Å². The average Bonchev–Trinajstić information content (AvgIpc) is 2.92. The van der Waals surface area contributed by atoms with Crippen LogP contribution in [0.25, 0.3) is 0 Å². The third kappa shape index (κ3) is 4.19. The average molecular weight is 337 g/mol. The van der Waals surface area contributed by atoms with Gasteiger partial charge in [-0.15, -0.1) is 0 Å². The molecule has 1 aliphatic heterocycles. The Bertz CT molecular complexity index is 703. The van der Waals surface area contributed by atoms with Gasteiger partial charge in [0.1, 0.15) is 5.69 Å². The Morgan fingerprint density at radius 2 is 1.84 bits per heavy atom. The van der Waals surface area contributed by atoms with Crippen molar-refractivity contribution in [2.45, 2.75) is 39.5 Å². The summed E-state index contributed by atoms with van der Waals surface area (Å²) in [6.07, 6.45) is 6.45. The summed E-state index contributed by atoms with van der Waals surface area (Å²) in [4.78, 5) is 21.3. The number of pyridine rings is 1. The first-order valence-corrected chi connectivity index (χ1v) is 9.28. The minimum Gasteiger partial charge on any atom is -0.341 e. The molecule has 2 aromatic rings. The minimum absolute atomic E-state index is 0.0621. The quantitative estimate of drug-likeness (QED) is 0.820. The monoisotopic (exact) mass is 337 g/mol. The first-order chi connectivity index (χ1) is 12.2. The Kier molecular flexibility index (Phi) is 5.69. The van der Waals surface area contributed by atoms with Crippen molar-refractivity contribution < 1.29 is 4.79 Å². The Morgan fingerprint density at radius 3 is 2.44 bits per heavy atom. The van der Waals surface area contributed by atoms with Gasteiger partial charge in [0.2, 0.25) is 0 Å². The van der Waals surface area contributed by atoms with Crippen molar-refractivity contribution >= 4 is 17.3 Å². The fourth-order valence-electron chi connectivity index (χ4n) is 3.42. The zero-order valence-electron chi connectivity index (χ0n) is 15.2. The molecule has 4 nitrogen and oxygen atoms in total. The lowest BCUT2D eigenvalue weighted by Gasteiger charge is -2.24. The molecule has 0 bridgehead atoms. The predicted molar refractivity (Wildman–Crippen MR) is 102 cm³/mol. The minimum atomic E-state index is 0.0621. The van der Waals surface area contributed by atoms with Crippen LogP contribution in [0.15, 0.2) is 42.6 Å². The van der Waals surface area contributed by atoms with Crippen molar-refractivity contribution in [1.82, 2.24) is 9.88 Å². The van der Waals surface area contributed by atoms with E-state index in [1.54, 1.807) is 0 Å². The smallest absolute Gasteiger partial charge is 0.272 e. The van der Waals surface area contributed by atoms with E-state index in [-0.39, 0.29) is 5.91 Å². The van der Waals surface area contributed by atoms with Crippen molar-refractivity contribution in [3.05, 3.63) is 53.9 Å². The predicted octanol–water partition coefficient (Wildman–Crippen LogP) is 4.56. The molecule has 1 saturated heterocycles. The van der Waals surface area contributed by atoms with Crippen LogP contribution >= 0.6 is 0 Å². The van der Waals surface area contributed by atoms with Crippen LogP contribution in [0.5, 0.6) is 0 Å². The van der Waals surface area contributed by atoms with Crippen LogP contribution in [0.3, 0.4) is 0 Å². The molecule has 2 heterocycles. The number of carbonyl (C=O) groups excluding carboxylic acids is 1. The maximum atomic E-state index is 12.7. The molecular formula is C21H27N3O. The number of rotatable bonds is 4. The van der Waals surface area contributed by atoms with Gasteiger partial charge in [-0.1, -0.05) is 25.0 Å². The van der Waals surface area contributed by atoms with Crippen molar-refractivity contribution in [1.29, 1.82) is 0 Å². The zero-order valence-corrected chi connectivity index (χ0v) is 15.2. The van der Waals surface area contributed by atoms with Crippen LogP contribution < -0.4 is 4.90 Å². The summed E-state index contributed by atoms with van der Waals surface area (Å²) >= 11 is 0. The highest BCUT2D eigenvalue weighted by Crippen LogP contribution is 2.25. The molecule has 25 heavy (non-hydrogen) atoms. The van der Waals surface area contributed by atoms with E-state index in [1.165, 1.54) is 18.4 Å². The van der Waals surface area contributed by atoms with E-state index in [4.69, 9.17) is 0 Å². The molecule has 0 unspecified atom stereocenters. The van der Waals surface area contributed by atoms with E-state index in [0.29, 0.717) is 5.69 Å². The van der Waals surface area contributed by atoms with Gasteiger partial charge < -0.3 is 9.80 Å². The summed E-state index contributed by atoms with van der Waals surface area (Å²) in [5.41, 5.74) is 3.94. The molecule has 0 aliphatic carbocycles. The third-order valence-corrected chi connectivity index (χ3v) is 4.80. The number of likely N-dealkylation sites (tertiary alicyclic amines) is 1. The van der Waals surface area contributed by atoms with Crippen LogP contribution in [-0.4, -0.2) is 35.4 Å².